The fraction of sp³-hybridized carbons (Fsp3) is 0.233. The molecule has 38 heavy (non-hydrogen) atoms. The van der Waals surface area contributed by atoms with E-state index in [0.717, 1.165) is 11.6 Å². The van der Waals surface area contributed by atoms with Crippen LogP contribution in [-0.2, 0) is 15.4 Å². The van der Waals surface area contributed by atoms with Crippen LogP contribution in [0.5, 0.6) is 17.2 Å². The maximum Gasteiger partial charge on any atom is 0.343 e. The molecule has 0 atom stereocenters. The Labute approximate surface area is 226 Å². The highest BCUT2D eigenvalue weighted by Crippen LogP contribution is 2.30. The molecule has 3 aromatic carbocycles. The van der Waals surface area contributed by atoms with Gasteiger partial charge in [0.05, 0.1) is 24.3 Å². The van der Waals surface area contributed by atoms with Crippen molar-refractivity contribution in [3.05, 3.63) is 101 Å². The number of benzene rings is 3. The van der Waals surface area contributed by atoms with Crippen molar-refractivity contribution in [1.82, 2.24) is 0 Å². The van der Waals surface area contributed by atoms with Gasteiger partial charge in [-0.05, 0) is 91.9 Å². The third kappa shape index (κ3) is 7.95. The van der Waals surface area contributed by atoms with E-state index >= 15 is 0 Å². The molecule has 3 aromatic rings. The first-order chi connectivity index (χ1) is 18.3. The van der Waals surface area contributed by atoms with Crippen LogP contribution in [0.25, 0.3) is 0 Å². The van der Waals surface area contributed by atoms with Gasteiger partial charge in [-0.3, -0.25) is 0 Å². The molecule has 3 rings (SSSR count). The second-order valence-corrected chi connectivity index (χ2v) is 8.64. The van der Waals surface area contributed by atoms with E-state index in [0.29, 0.717) is 71.4 Å². The van der Waals surface area contributed by atoms with E-state index < -0.39 is 17.9 Å². The standard InChI is InChI=1S/C30H29ClO7/c1-4-28(32)36-18-6-5-17-35-25-13-11-24(12-14-25)30(34)38-27-16-15-26(20(2)21(27)3)37-29(33)23-9-7-22(19-31)8-10-23/h4,7-16H,1,5-6,17-19H2,2-3H3. The summed E-state index contributed by atoms with van der Waals surface area (Å²) in [5.74, 6) is 0.279. The smallest absolute Gasteiger partial charge is 0.343 e. The average molecular weight is 537 g/mol. The summed E-state index contributed by atoms with van der Waals surface area (Å²) in [5.41, 5.74) is 3.04. The van der Waals surface area contributed by atoms with Crippen LogP contribution in [0, 0.1) is 13.8 Å². The van der Waals surface area contributed by atoms with Crippen LogP contribution in [0.1, 0.15) is 50.2 Å². The van der Waals surface area contributed by atoms with Gasteiger partial charge in [0, 0.05) is 12.0 Å². The molecule has 8 heteroatoms. The Morgan fingerprint density at radius 2 is 1.26 bits per heavy atom. The van der Waals surface area contributed by atoms with E-state index in [1.54, 1.807) is 74.5 Å². The van der Waals surface area contributed by atoms with Gasteiger partial charge in [-0.25, -0.2) is 14.4 Å². The van der Waals surface area contributed by atoms with Crippen LogP contribution in [0.15, 0.2) is 73.3 Å². The summed E-state index contributed by atoms with van der Waals surface area (Å²) in [6.45, 7) is 7.68. The number of hydrogen-bond donors (Lipinski definition) is 0. The van der Waals surface area contributed by atoms with E-state index in [1.807, 2.05) is 0 Å². The number of unbranched alkanes of at least 4 members (excludes halogenated alkanes) is 1. The first-order valence-corrected chi connectivity index (χ1v) is 12.6. The van der Waals surface area contributed by atoms with Crippen molar-refractivity contribution in [3.63, 3.8) is 0 Å². The van der Waals surface area contributed by atoms with E-state index in [1.165, 1.54) is 0 Å². The minimum atomic E-state index is -0.521. The van der Waals surface area contributed by atoms with E-state index in [-0.39, 0.29) is 0 Å². The lowest BCUT2D eigenvalue weighted by Gasteiger charge is -2.14. The lowest BCUT2D eigenvalue weighted by atomic mass is 10.1. The Hall–Kier alpha value is -4.10. The molecule has 0 aliphatic heterocycles. The van der Waals surface area contributed by atoms with Crippen LogP contribution in [0.2, 0.25) is 0 Å². The summed E-state index contributed by atoms with van der Waals surface area (Å²) in [7, 11) is 0. The van der Waals surface area contributed by atoms with Gasteiger partial charge in [-0.2, -0.15) is 0 Å². The van der Waals surface area contributed by atoms with Crippen molar-refractivity contribution in [2.75, 3.05) is 13.2 Å². The van der Waals surface area contributed by atoms with Crippen molar-refractivity contribution in [3.8, 4) is 17.2 Å². The molecule has 0 bridgehead atoms. The maximum atomic E-state index is 12.7. The molecule has 0 aliphatic rings. The molecule has 0 radical (unpaired) electrons. The number of esters is 3. The SMILES string of the molecule is C=CC(=O)OCCCCOc1ccc(C(=O)Oc2ccc(OC(=O)c3ccc(CCl)cc3)c(C)c2C)cc1. The van der Waals surface area contributed by atoms with Crippen LogP contribution < -0.4 is 14.2 Å². The Kier molecular flexibility index (Phi) is 10.5. The third-order valence-corrected chi connectivity index (χ3v) is 6.05. The number of alkyl halides is 1. The minimum Gasteiger partial charge on any atom is -0.494 e. The predicted octanol–water partition coefficient (Wildman–Crippen LogP) is 6.37. The predicted molar refractivity (Wildman–Crippen MR) is 144 cm³/mol. The van der Waals surface area contributed by atoms with Gasteiger partial charge < -0.3 is 18.9 Å². The van der Waals surface area contributed by atoms with Crippen molar-refractivity contribution >= 4 is 29.5 Å². The summed E-state index contributed by atoms with van der Waals surface area (Å²) in [6, 6.07) is 16.7. The zero-order valence-electron chi connectivity index (χ0n) is 21.3. The van der Waals surface area contributed by atoms with Crippen molar-refractivity contribution in [2.24, 2.45) is 0 Å². The Balaban J connectivity index is 1.53. The van der Waals surface area contributed by atoms with Gasteiger partial charge in [-0.1, -0.05) is 18.7 Å². The van der Waals surface area contributed by atoms with Gasteiger partial charge in [0.15, 0.2) is 0 Å². The molecule has 0 N–H and O–H groups in total. The first kappa shape index (κ1) is 28.5. The Morgan fingerprint density at radius 3 is 1.76 bits per heavy atom. The summed E-state index contributed by atoms with van der Waals surface area (Å²) < 4.78 is 21.7. The molecule has 0 aromatic heterocycles. The first-order valence-electron chi connectivity index (χ1n) is 12.0. The van der Waals surface area contributed by atoms with Crippen LogP contribution in [0.3, 0.4) is 0 Å². The van der Waals surface area contributed by atoms with E-state index in [9.17, 15) is 14.4 Å². The number of carbonyl (C=O) groups is 3. The molecular weight excluding hydrogens is 508 g/mol. The highest BCUT2D eigenvalue weighted by Gasteiger charge is 2.16. The lowest BCUT2D eigenvalue weighted by molar-refractivity contribution is -0.137. The van der Waals surface area contributed by atoms with Gasteiger partial charge in [-0.15, -0.1) is 11.6 Å². The number of halogens is 1. The molecule has 0 heterocycles. The molecule has 0 aliphatic carbocycles. The summed E-state index contributed by atoms with van der Waals surface area (Å²) in [4.78, 5) is 36.2. The van der Waals surface area contributed by atoms with Crippen molar-refractivity contribution < 1.29 is 33.3 Å². The van der Waals surface area contributed by atoms with Crippen molar-refractivity contribution in [1.29, 1.82) is 0 Å². The number of carbonyl (C=O) groups excluding carboxylic acids is 3. The highest BCUT2D eigenvalue weighted by molar-refractivity contribution is 6.17. The number of ether oxygens (including phenoxy) is 4. The van der Waals surface area contributed by atoms with E-state index in [4.69, 9.17) is 30.5 Å². The molecule has 0 unspecified atom stereocenters. The van der Waals surface area contributed by atoms with Gasteiger partial charge in [0.25, 0.3) is 0 Å². The van der Waals surface area contributed by atoms with Crippen LogP contribution in [0.4, 0.5) is 0 Å². The Bertz CT molecular complexity index is 1280. The molecule has 0 amide bonds. The quantitative estimate of drug-likeness (QED) is 0.0873. The second-order valence-electron chi connectivity index (χ2n) is 8.37. The zero-order valence-corrected chi connectivity index (χ0v) is 22.1. The fourth-order valence-corrected chi connectivity index (χ4v) is 3.53. The highest BCUT2D eigenvalue weighted by atomic mass is 35.5. The van der Waals surface area contributed by atoms with Crippen LogP contribution in [-0.4, -0.2) is 31.1 Å². The van der Waals surface area contributed by atoms with Gasteiger partial charge in [0.2, 0.25) is 0 Å². The van der Waals surface area contributed by atoms with Crippen LogP contribution >= 0.6 is 11.6 Å². The third-order valence-electron chi connectivity index (χ3n) is 5.75. The normalized spacial score (nSPS) is 10.4. The summed E-state index contributed by atoms with van der Waals surface area (Å²) in [5, 5.41) is 0. The molecule has 0 saturated heterocycles. The molecule has 0 fully saturated rings. The monoisotopic (exact) mass is 536 g/mol. The maximum absolute atomic E-state index is 12.7. The second kappa shape index (κ2) is 14.0. The molecule has 198 valence electrons. The number of hydrogen-bond acceptors (Lipinski definition) is 7. The topological polar surface area (TPSA) is 88.1 Å². The Morgan fingerprint density at radius 1 is 0.763 bits per heavy atom. The molecule has 7 nitrogen and oxygen atoms in total. The molecular formula is C30H29ClO7. The van der Waals surface area contributed by atoms with Gasteiger partial charge >= 0.3 is 17.9 Å². The fourth-order valence-electron chi connectivity index (χ4n) is 3.35. The summed E-state index contributed by atoms with van der Waals surface area (Å²) >= 11 is 5.80. The van der Waals surface area contributed by atoms with Gasteiger partial charge in [0.1, 0.15) is 17.2 Å². The minimum absolute atomic E-state index is 0.310. The molecule has 0 spiro atoms. The largest absolute Gasteiger partial charge is 0.494 e. The van der Waals surface area contributed by atoms with E-state index in [2.05, 4.69) is 6.58 Å². The zero-order chi connectivity index (χ0) is 27.5. The lowest BCUT2D eigenvalue weighted by Crippen LogP contribution is -2.12. The van der Waals surface area contributed by atoms with Crippen molar-refractivity contribution in [2.45, 2.75) is 32.6 Å². The number of rotatable bonds is 12. The summed E-state index contributed by atoms with van der Waals surface area (Å²) in [6.07, 6.45) is 2.50. The molecule has 0 saturated carbocycles. The average Bonchev–Trinajstić information content (AvgIpc) is 2.94.